The summed E-state index contributed by atoms with van der Waals surface area (Å²) in [4.78, 5) is 60.5. The van der Waals surface area contributed by atoms with Crippen LogP contribution in [0.2, 0.25) is 0 Å². The first-order valence-electron chi connectivity index (χ1n) is 15.3. The van der Waals surface area contributed by atoms with Crippen LogP contribution in [-0.2, 0) is 14.4 Å². The lowest BCUT2D eigenvalue weighted by Gasteiger charge is -2.43. The number of imide groups is 1. The fourth-order valence-corrected chi connectivity index (χ4v) is 11.4. The van der Waals surface area contributed by atoms with Gasteiger partial charge in [-0.1, -0.05) is 23.5 Å². The van der Waals surface area contributed by atoms with E-state index in [0.717, 1.165) is 54.2 Å². The molecule has 9 nitrogen and oxygen atoms in total. The Morgan fingerprint density at radius 2 is 1.70 bits per heavy atom. The van der Waals surface area contributed by atoms with Crippen LogP contribution in [-0.4, -0.2) is 59.7 Å². The van der Waals surface area contributed by atoms with Crippen LogP contribution < -0.4 is 19.2 Å². The molecule has 0 spiro atoms. The number of hydrogen-bond donors (Lipinski definition) is 1. The normalized spacial score (nSPS) is 30.2. The number of thioether (sulfide) groups is 1. The zero-order valence-electron chi connectivity index (χ0n) is 24.3. The van der Waals surface area contributed by atoms with Crippen LogP contribution in [0.3, 0.4) is 0 Å². The fourth-order valence-electron chi connectivity index (χ4n) is 8.55. The Morgan fingerprint density at radius 3 is 2.45 bits per heavy atom. The maximum Gasteiger partial charge on any atom is 0.305 e. The quantitative estimate of drug-likeness (QED) is 0.399. The van der Waals surface area contributed by atoms with Crippen LogP contribution in [0.4, 0.5) is 5.69 Å². The summed E-state index contributed by atoms with van der Waals surface area (Å²) in [6, 6.07) is 14.9. The maximum atomic E-state index is 14.0. The first kappa shape index (κ1) is 27.9. The number of methoxy groups -OCH3 is 1. The molecular weight excluding hydrogens is 599 g/mol. The number of thiazole rings is 1. The minimum atomic E-state index is -0.377. The van der Waals surface area contributed by atoms with Crippen molar-refractivity contribution < 1.29 is 23.9 Å². The van der Waals surface area contributed by atoms with Crippen molar-refractivity contribution in [2.24, 2.45) is 29.6 Å². The Balaban J connectivity index is 1.10. The third kappa shape index (κ3) is 4.34. The standard InChI is InChI=1S/C33H33N3O6S2/c1-41-19-10-8-18(9-11-19)36-31(38)26-21-15-22(27(26)32(36)39)28-25(21)24(29-30(43-28)34-33(40)44-29)17-6-5-7-20(14-17)42-16-23(37)35-12-3-2-4-13-35/h5-11,14,21-22,24-28H,2-4,12-13,15-16H2,1H3,(H,34,40)/t21-,22-,24+,25-,26+,27+,28-/m1/s1. The van der Waals surface area contributed by atoms with Gasteiger partial charge in [-0.15, -0.1) is 11.8 Å². The predicted molar refractivity (Wildman–Crippen MR) is 166 cm³/mol. The van der Waals surface area contributed by atoms with Crippen molar-refractivity contribution in [3.8, 4) is 11.5 Å². The number of nitrogens with one attached hydrogen (secondary N) is 1. The Hall–Kier alpha value is -3.57. The van der Waals surface area contributed by atoms with E-state index in [1.807, 2.05) is 23.1 Å². The van der Waals surface area contributed by atoms with Gasteiger partial charge < -0.3 is 19.4 Å². The molecule has 2 saturated heterocycles. The van der Waals surface area contributed by atoms with Crippen LogP contribution in [0.25, 0.3) is 0 Å². The van der Waals surface area contributed by atoms with Crippen LogP contribution in [0, 0.1) is 29.6 Å². The van der Waals surface area contributed by atoms with Gasteiger partial charge in [-0.2, -0.15) is 0 Å². The third-order valence-corrected chi connectivity index (χ3v) is 12.9. The van der Waals surface area contributed by atoms with E-state index in [1.54, 1.807) is 43.1 Å². The number of carbonyl (C=O) groups is 3. The smallest absolute Gasteiger partial charge is 0.305 e. The van der Waals surface area contributed by atoms with Gasteiger partial charge in [0.2, 0.25) is 11.8 Å². The molecule has 1 aromatic heterocycles. The Morgan fingerprint density at radius 1 is 0.955 bits per heavy atom. The molecule has 2 aromatic carbocycles. The number of carbonyl (C=O) groups excluding carboxylic acids is 3. The summed E-state index contributed by atoms with van der Waals surface area (Å²) in [5, 5.41) is 0.965. The summed E-state index contributed by atoms with van der Waals surface area (Å²) >= 11 is 2.91. The van der Waals surface area contributed by atoms with Crippen molar-refractivity contribution in [1.29, 1.82) is 0 Å². The molecule has 0 unspecified atom stereocenters. The van der Waals surface area contributed by atoms with Crippen molar-refractivity contribution >= 4 is 46.5 Å². The fraction of sp³-hybridized carbons (Fsp3) is 0.455. The Kier molecular flexibility index (Phi) is 6.86. The third-order valence-electron chi connectivity index (χ3n) is 10.3. The molecule has 4 heterocycles. The maximum absolute atomic E-state index is 14.0. The lowest BCUT2D eigenvalue weighted by molar-refractivity contribution is -0.134. The first-order valence-corrected chi connectivity index (χ1v) is 17.0. The van der Waals surface area contributed by atoms with E-state index in [4.69, 9.17) is 9.47 Å². The molecule has 2 bridgehead atoms. The second kappa shape index (κ2) is 10.8. The van der Waals surface area contributed by atoms with E-state index in [2.05, 4.69) is 11.1 Å². The second-order valence-corrected chi connectivity index (χ2v) is 14.7. The van der Waals surface area contributed by atoms with Gasteiger partial charge in [0.1, 0.15) is 11.5 Å². The van der Waals surface area contributed by atoms with E-state index < -0.39 is 0 Å². The number of aromatic amines is 1. The van der Waals surface area contributed by atoms with Crippen LogP contribution in [0.5, 0.6) is 11.5 Å². The molecule has 3 amide bonds. The van der Waals surface area contributed by atoms with Gasteiger partial charge in [-0.05, 0) is 85.4 Å². The SMILES string of the molecule is COc1ccc(N2C(=O)[C@H]3[C@H]4C[C@@H]([C@@H]3C2=O)[C@@H]2[C@H](c3cccc(OCC(=O)N5CCCCC5)c3)c3sc(=O)[nH]c3S[C@H]42)cc1. The number of piperidine rings is 1. The molecule has 3 aliphatic heterocycles. The largest absolute Gasteiger partial charge is 0.497 e. The molecule has 0 radical (unpaired) electrons. The van der Waals surface area contributed by atoms with E-state index in [0.29, 0.717) is 17.2 Å². The van der Waals surface area contributed by atoms with Crippen molar-refractivity contribution in [3.05, 3.63) is 68.6 Å². The molecule has 44 heavy (non-hydrogen) atoms. The highest BCUT2D eigenvalue weighted by Crippen LogP contribution is 2.68. The number of anilines is 1. The van der Waals surface area contributed by atoms with Crippen molar-refractivity contribution in [2.75, 3.05) is 31.7 Å². The number of fused-ring (bicyclic) bond motifs is 9. The molecule has 7 atom stereocenters. The van der Waals surface area contributed by atoms with Gasteiger partial charge in [0.25, 0.3) is 5.91 Å². The van der Waals surface area contributed by atoms with Gasteiger partial charge in [0.05, 0.1) is 29.7 Å². The number of ether oxygens (including phenoxy) is 2. The average molecular weight is 632 g/mol. The summed E-state index contributed by atoms with van der Waals surface area (Å²) in [6.45, 7) is 1.55. The Labute approximate surface area is 262 Å². The topological polar surface area (TPSA) is 109 Å². The number of hydrogen-bond acceptors (Lipinski definition) is 8. The Bertz CT molecular complexity index is 1700. The van der Waals surface area contributed by atoms with Crippen molar-refractivity contribution in [2.45, 2.75) is 41.9 Å². The highest BCUT2D eigenvalue weighted by atomic mass is 32.2. The molecule has 5 aliphatic rings. The molecule has 2 aliphatic carbocycles. The van der Waals surface area contributed by atoms with Crippen LogP contribution >= 0.6 is 23.1 Å². The molecule has 2 saturated carbocycles. The van der Waals surface area contributed by atoms with E-state index in [1.165, 1.54) is 16.2 Å². The lowest BCUT2D eigenvalue weighted by atomic mass is 9.68. The van der Waals surface area contributed by atoms with Gasteiger partial charge in [-0.25, -0.2) is 0 Å². The summed E-state index contributed by atoms with van der Waals surface area (Å²) in [6.07, 6.45) is 4.04. The molecule has 228 valence electrons. The molecular formula is C33H33N3O6S2. The summed E-state index contributed by atoms with van der Waals surface area (Å²) in [7, 11) is 1.59. The summed E-state index contributed by atoms with van der Waals surface area (Å²) in [5.41, 5.74) is 1.58. The molecule has 1 N–H and O–H groups in total. The monoisotopic (exact) mass is 631 g/mol. The van der Waals surface area contributed by atoms with Gasteiger partial charge in [-0.3, -0.25) is 24.1 Å². The highest BCUT2D eigenvalue weighted by Gasteiger charge is 2.69. The summed E-state index contributed by atoms with van der Waals surface area (Å²) in [5.74, 6) is 0.338. The van der Waals surface area contributed by atoms with Crippen LogP contribution in [0.15, 0.2) is 58.4 Å². The average Bonchev–Trinajstić information content (AvgIpc) is 3.79. The lowest BCUT2D eigenvalue weighted by Crippen LogP contribution is -2.42. The molecule has 4 fully saturated rings. The number of aromatic nitrogens is 1. The number of H-pyrrole nitrogens is 1. The first-order chi connectivity index (χ1) is 21.4. The van der Waals surface area contributed by atoms with E-state index in [-0.39, 0.29) is 70.0 Å². The number of benzene rings is 2. The minimum Gasteiger partial charge on any atom is -0.497 e. The van der Waals surface area contributed by atoms with Gasteiger partial charge in [0.15, 0.2) is 6.61 Å². The van der Waals surface area contributed by atoms with Crippen LogP contribution in [0.1, 0.15) is 42.0 Å². The molecule has 8 rings (SSSR count). The van der Waals surface area contributed by atoms with Crippen molar-refractivity contribution in [3.63, 3.8) is 0 Å². The summed E-state index contributed by atoms with van der Waals surface area (Å²) < 4.78 is 11.3. The number of nitrogens with zero attached hydrogens (tertiary/aromatic N) is 2. The van der Waals surface area contributed by atoms with E-state index >= 15 is 0 Å². The zero-order chi connectivity index (χ0) is 30.1. The number of amides is 3. The number of likely N-dealkylation sites (tertiary alicyclic amines) is 1. The van der Waals surface area contributed by atoms with E-state index in [9.17, 15) is 19.2 Å². The minimum absolute atomic E-state index is 0.000319. The predicted octanol–water partition coefficient (Wildman–Crippen LogP) is 4.51. The zero-order valence-corrected chi connectivity index (χ0v) is 25.9. The van der Waals surface area contributed by atoms with Crippen molar-refractivity contribution in [1.82, 2.24) is 9.88 Å². The second-order valence-electron chi connectivity index (χ2n) is 12.5. The molecule has 3 aromatic rings. The molecule has 11 heteroatoms. The number of rotatable bonds is 6. The van der Waals surface area contributed by atoms with Gasteiger partial charge >= 0.3 is 4.87 Å². The highest BCUT2D eigenvalue weighted by molar-refractivity contribution is 8.00. The van der Waals surface area contributed by atoms with Gasteiger partial charge in [0, 0.05) is 29.1 Å².